The third-order valence-corrected chi connectivity index (χ3v) is 5.13. The Morgan fingerprint density at radius 3 is 2.33 bits per heavy atom. The molecule has 144 valence electrons. The number of anilines is 2. The SMILES string of the molecule is Cc1ccc(SCC(=O)OC(C)C(=O)Nc2ccc(N(C)C)cc2)cc1C. The average Bonchev–Trinajstić information content (AvgIpc) is 2.63. The van der Waals surface area contributed by atoms with E-state index in [1.54, 1.807) is 6.92 Å². The van der Waals surface area contributed by atoms with Crippen LogP contribution < -0.4 is 10.2 Å². The van der Waals surface area contributed by atoms with Gasteiger partial charge < -0.3 is 15.0 Å². The summed E-state index contributed by atoms with van der Waals surface area (Å²) in [5.41, 5.74) is 4.10. The van der Waals surface area contributed by atoms with Gasteiger partial charge in [0.2, 0.25) is 0 Å². The highest BCUT2D eigenvalue weighted by Crippen LogP contribution is 2.21. The van der Waals surface area contributed by atoms with Crippen molar-refractivity contribution in [1.29, 1.82) is 0 Å². The number of amides is 1. The number of hydrogen-bond donors (Lipinski definition) is 1. The maximum absolute atomic E-state index is 12.2. The zero-order valence-corrected chi connectivity index (χ0v) is 17.2. The monoisotopic (exact) mass is 386 g/mol. The van der Waals surface area contributed by atoms with Crippen molar-refractivity contribution in [3.63, 3.8) is 0 Å². The van der Waals surface area contributed by atoms with Gasteiger partial charge >= 0.3 is 5.97 Å². The molecule has 0 heterocycles. The van der Waals surface area contributed by atoms with E-state index in [0.29, 0.717) is 5.69 Å². The number of nitrogens with zero attached hydrogens (tertiary/aromatic N) is 1. The van der Waals surface area contributed by atoms with Gasteiger partial charge in [0.05, 0.1) is 5.75 Å². The molecule has 0 fully saturated rings. The van der Waals surface area contributed by atoms with Gasteiger partial charge in [-0.3, -0.25) is 9.59 Å². The minimum Gasteiger partial charge on any atom is -0.452 e. The summed E-state index contributed by atoms with van der Waals surface area (Å²) < 4.78 is 5.24. The number of esters is 1. The van der Waals surface area contributed by atoms with E-state index in [1.807, 2.05) is 75.3 Å². The third kappa shape index (κ3) is 6.32. The zero-order valence-electron chi connectivity index (χ0n) is 16.4. The van der Waals surface area contributed by atoms with Crippen LogP contribution in [-0.2, 0) is 14.3 Å². The lowest BCUT2D eigenvalue weighted by molar-refractivity contribution is -0.150. The molecule has 27 heavy (non-hydrogen) atoms. The number of ether oxygens (including phenoxy) is 1. The Balaban J connectivity index is 1.82. The normalized spacial score (nSPS) is 11.6. The third-order valence-electron chi connectivity index (χ3n) is 4.16. The molecule has 0 radical (unpaired) electrons. The highest BCUT2D eigenvalue weighted by atomic mass is 32.2. The second kappa shape index (κ2) is 9.46. The number of benzene rings is 2. The highest BCUT2D eigenvalue weighted by molar-refractivity contribution is 8.00. The van der Waals surface area contributed by atoms with E-state index in [9.17, 15) is 9.59 Å². The van der Waals surface area contributed by atoms with Crippen LogP contribution in [0.4, 0.5) is 11.4 Å². The van der Waals surface area contributed by atoms with Crippen LogP contribution in [0.25, 0.3) is 0 Å². The standard InChI is InChI=1S/C21H26N2O3S/c1-14-6-11-19(12-15(14)2)27-13-20(24)26-16(3)21(25)22-17-7-9-18(10-8-17)23(4)5/h6-12,16H,13H2,1-5H3,(H,22,25). The number of carbonyl (C=O) groups excluding carboxylic acids is 2. The van der Waals surface area contributed by atoms with E-state index in [4.69, 9.17) is 4.74 Å². The first-order valence-electron chi connectivity index (χ1n) is 8.74. The second-order valence-electron chi connectivity index (χ2n) is 6.60. The van der Waals surface area contributed by atoms with Crippen molar-refractivity contribution in [1.82, 2.24) is 0 Å². The van der Waals surface area contributed by atoms with Crippen molar-refractivity contribution in [3.8, 4) is 0 Å². The van der Waals surface area contributed by atoms with Crippen molar-refractivity contribution >= 4 is 35.0 Å². The fraction of sp³-hybridized carbons (Fsp3) is 0.333. The summed E-state index contributed by atoms with van der Waals surface area (Å²) in [5, 5.41) is 2.76. The van der Waals surface area contributed by atoms with Gasteiger partial charge in [-0.1, -0.05) is 6.07 Å². The molecule has 0 saturated heterocycles. The largest absolute Gasteiger partial charge is 0.452 e. The Kier molecular flexibility index (Phi) is 7.30. The summed E-state index contributed by atoms with van der Waals surface area (Å²) in [4.78, 5) is 27.2. The van der Waals surface area contributed by atoms with Crippen LogP contribution in [0.3, 0.4) is 0 Å². The molecule has 0 aliphatic carbocycles. The second-order valence-corrected chi connectivity index (χ2v) is 7.65. The molecule has 6 heteroatoms. The predicted molar refractivity (Wildman–Crippen MR) is 112 cm³/mol. The van der Waals surface area contributed by atoms with E-state index >= 15 is 0 Å². The van der Waals surface area contributed by atoms with Crippen LogP contribution in [0.5, 0.6) is 0 Å². The molecule has 0 saturated carbocycles. The van der Waals surface area contributed by atoms with Gasteiger partial charge in [0, 0.05) is 30.4 Å². The van der Waals surface area contributed by atoms with E-state index in [-0.39, 0.29) is 11.7 Å². The van der Waals surface area contributed by atoms with Gasteiger partial charge in [0.1, 0.15) is 0 Å². The van der Waals surface area contributed by atoms with Gasteiger partial charge in [-0.15, -0.1) is 11.8 Å². The van der Waals surface area contributed by atoms with Crippen molar-refractivity contribution in [2.45, 2.75) is 31.8 Å². The Bertz CT molecular complexity index is 804. The van der Waals surface area contributed by atoms with Crippen LogP contribution >= 0.6 is 11.8 Å². The molecule has 0 aromatic heterocycles. The molecule has 5 nitrogen and oxygen atoms in total. The maximum atomic E-state index is 12.2. The number of carbonyl (C=O) groups is 2. The fourth-order valence-electron chi connectivity index (χ4n) is 2.32. The summed E-state index contributed by atoms with van der Waals surface area (Å²) in [6.45, 7) is 5.66. The molecule has 1 amide bonds. The smallest absolute Gasteiger partial charge is 0.317 e. The first-order valence-corrected chi connectivity index (χ1v) is 9.72. The number of thioether (sulfide) groups is 1. The van der Waals surface area contributed by atoms with E-state index in [2.05, 4.69) is 5.32 Å². The number of rotatable bonds is 7. The van der Waals surface area contributed by atoms with Crippen LogP contribution in [0, 0.1) is 13.8 Å². The summed E-state index contributed by atoms with van der Waals surface area (Å²) in [6, 6.07) is 13.5. The fourth-order valence-corrected chi connectivity index (χ4v) is 3.09. The molecule has 1 atom stereocenters. The van der Waals surface area contributed by atoms with E-state index in [0.717, 1.165) is 10.6 Å². The molecule has 1 N–H and O–H groups in total. The number of hydrogen-bond acceptors (Lipinski definition) is 5. The van der Waals surface area contributed by atoms with Crippen molar-refractivity contribution in [2.75, 3.05) is 30.1 Å². The Hall–Kier alpha value is -2.47. The molecule has 0 aliphatic heterocycles. The quantitative estimate of drug-likeness (QED) is 0.575. The lowest BCUT2D eigenvalue weighted by atomic mass is 10.1. The first kappa shape index (κ1) is 20.8. The molecule has 0 spiro atoms. The lowest BCUT2D eigenvalue weighted by Gasteiger charge is -2.15. The molecule has 0 aliphatic rings. The number of aryl methyl sites for hydroxylation is 2. The van der Waals surface area contributed by atoms with Gasteiger partial charge in [0.25, 0.3) is 5.91 Å². The molecular weight excluding hydrogens is 360 g/mol. The van der Waals surface area contributed by atoms with Crippen LogP contribution in [0.1, 0.15) is 18.1 Å². The van der Waals surface area contributed by atoms with Gasteiger partial charge in [0.15, 0.2) is 6.10 Å². The van der Waals surface area contributed by atoms with E-state index in [1.165, 1.54) is 22.9 Å². The van der Waals surface area contributed by atoms with Crippen molar-refractivity contribution in [2.24, 2.45) is 0 Å². The summed E-state index contributed by atoms with van der Waals surface area (Å²) >= 11 is 1.40. The highest BCUT2D eigenvalue weighted by Gasteiger charge is 2.18. The minimum absolute atomic E-state index is 0.164. The van der Waals surface area contributed by atoms with Crippen LogP contribution in [-0.4, -0.2) is 37.8 Å². The van der Waals surface area contributed by atoms with Crippen molar-refractivity contribution in [3.05, 3.63) is 53.6 Å². The lowest BCUT2D eigenvalue weighted by Crippen LogP contribution is -2.30. The number of nitrogens with one attached hydrogen (secondary N) is 1. The topological polar surface area (TPSA) is 58.6 Å². The molecule has 2 rings (SSSR count). The molecule has 2 aromatic rings. The molecular formula is C21H26N2O3S. The van der Waals surface area contributed by atoms with Crippen LogP contribution in [0.2, 0.25) is 0 Å². The van der Waals surface area contributed by atoms with Gasteiger partial charge in [-0.05, 0) is 68.3 Å². The maximum Gasteiger partial charge on any atom is 0.317 e. The first-order chi connectivity index (χ1) is 12.8. The van der Waals surface area contributed by atoms with Crippen molar-refractivity contribution < 1.29 is 14.3 Å². The molecule has 0 bridgehead atoms. The Morgan fingerprint density at radius 1 is 1.07 bits per heavy atom. The predicted octanol–water partition coefficient (Wildman–Crippen LogP) is 4.03. The van der Waals surface area contributed by atoms with Crippen LogP contribution in [0.15, 0.2) is 47.4 Å². The minimum atomic E-state index is -0.855. The molecule has 1 unspecified atom stereocenters. The van der Waals surface area contributed by atoms with Gasteiger partial charge in [-0.2, -0.15) is 0 Å². The van der Waals surface area contributed by atoms with E-state index < -0.39 is 12.1 Å². The summed E-state index contributed by atoms with van der Waals surface area (Å²) in [7, 11) is 3.90. The summed E-state index contributed by atoms with van der Waals surface area (Å²) in [5.74, 6) is -0.599. The Morgan fingerprint density at radius 2 is 1.74 bits per heavy atom. The average molecular weight is 387 g/mol. The molecule has 2 aromatic carbocycles. The zero-order chi connectivity index (χ0) is 20.0. The summed E-state index contributed by atoms with van der Waals surface area (Å²) in [6.07, 6.45) is -0.855. The Labute approximate surface area is 165 Å². The van der Waals surface area contributed by atoms with Gasteiger partial charge in [-0.25, -0.2) is 0 Å².